The number of rotatable bonds is 11. The van der Waals surface area contributed by atoms with Crippen LogP contribution in [0.25, 0.3) is 0 Å². The number of aliphatic imine (C=N–C) groups is 2. The monoisotopic (exact) mass is 476 g/mol. The summed E-state index contributed by atoms with van der Waals surface area (Å²) in [6.45, 7) is 9.15. The molecule has 1 aliphatic carbocycles. The molecular formula is C32H48N2O. The molecule has 0 spiro atoms. The quantitative estimate of drug-likeness (QED) is 0.298. The molecule has 35 heavy (non-hydrogen) atoms. The van der Waals surface area contributed by atoms with E-state index in [-0.39, 0.29) is 0 Å². The van der Waals surface area contributed by atoms with Gasteiger partial charge in [0.15, 0.2) is 0 Å². The molecule has 0 bridgehead atoms. The van der Waals surface area contributed by atoms with Crippen LogP contribution in [0.4, 0.5) is 0 Å². The van der Waals surface area contributed by atoms with Crippen molar-refractivity contribution in [3.05, 3.63) is 46.7 Å². The predicted molar refractivity (Wildman–Crippen MR) is 150 cm³/mol. The fourth-order valence-electron chi connectivity index (χ4n) is 6.12. The highest BCUT2D eigenvalue weighted by Gasteiger charge is 2.30. The van der Waals surface area contributed by atoms with E-state index in [0.717, 1.165) is 38.0 Å². The van der Waals surface area contributed by atoms with E-state index >= 15 is 0 Å². The maximum Gasteiger partial charge on any atom is 0.133 e. The first-order valence-electron chi connectivity index (χ1n) is 14.2. The molecule has 2 aliphatic rings. The number of Topliss-reactive ketones (excluding diaryl/α,β-unsaturated/α-hetero) is 1. The summed E-state index contributed by atoms with van der Waals surface area (Å²) in [5, 5.41) is 0. The van der Waals surface area contributed by atoms with Gasteiger partial charge in [0.2, 0.25) is 0 Å². The molecular weight excluding hydrogens is 428 g/mol. The zero-order chi connectivity index (χ0) is 25.2. The van der Waals surface area contributed by atoms with Gasteiger partial charge in [-0.15, -0.1) is 0 Å². The Bertz CT molecular complexity index is 910. The molecule has 3 unspecified atom stereocenters. The number of benzene rings is 1. The van der Waals surface area contributed by atoms with E-state index in [1.54, 1.807) is 0 Å². The summed E-state index contributed by atoms with van der Waals surface area (Å²) in [4.78, 5) is 22.4. The topological polar surface area (TPSA) is 41.8 Å². The number of hydrogen-bond acceptors (Lipinski definition) is 3. The minimum Gasteiger partial charge on any atom is -0.300 e. The lowest BCUT2D eigenvalue weighted by atomic mass is 9.76. The molecule has 192 valence electrons. The van der Waals surface area contributed by atoms with Crippen LogP contribution in [0.5, 0.6) is 0 Å². The Kier molecular flexibility index (Phi) is 10.9. The smallest absolute Gasteiger partial charge is 0.133 e. The van der Waals surface area contributed by atoms with Crippen molar-refractivity contribution in [3.8, 4) is 0 Å². The van der Waals surface area contributed by atoms with Gasteiger partial charge in [0, 0.05) is 43.9 Å². The van der Waals surface area contributed by atoms with E-state index in [1.165, 1.54) is 54.5 Å². The van der Waals surface area contributed by atoms with Crippen molar-refractivity contribution in [1.82, 2.24) is 0 Å². The number of allylic oxidation sites excluding steroid dienone is 2. The van der Waals surface area contributed by atoms with Crippen molar-refractivity contribution >= 4 is 18.2 Å². The molecule has 1 saturated carbocycles. The summed E-state index contributed by atoms with van der Waals surface area (Å²) in [7, 11) is 1.86. The van der Waals surface area contributed by atoms with E-state index < -0.39 is 0 Å². The van der Waals surface area contributed by atoms with Crippen LogP contribution in [-0.4, -0.2) is 25.3 Å². The van der Waals surface area contributed by atoms with E-state index in [2.05, 4.69) is 63.2 Å². The third-order valence-corrected chi connectivity index (χ3v) is 7.99. The second kappa shape index (κ2) is 13.9. The number of aryl methyl sites for hydroxylation is 2. The number of carbonyl (C=O) groups is 1. The molecule has 0 radical (unpaired) electrons. The molecule has 1 aromatic carbocycles. The van der Waals surface area contributed by atoms with Gasteiger partial charge in [-0.1, -0.05) is 64.8 Å². The highest BCUT2D eigenvalue weighted by Crippen LogP contribution is 2.39. The van der Waals surface area contributed by atoms with Crippen LogP contribution in [0, 0.1) is 29.6 Å². The van der Waals surface area contributed by atoms with Crippen LogP contribution >= 0.6 is 0 Å². The van der Waals surface area contributed by atoms with E-state index in [1.807, 2.05) is 13.3 Å². The normalized spacial score (nSPS) is 25.4. The van der Waals surface area contributed by atoms with Gasteiger partial charge in [-0.3, -0.25) is 14.8 Å². The Balaban J connectivity index is 1.58. The maximum absolute atomic E-state index is 13.0. The Morgan fingerprint density at radius 3 is 2.57 bits per heavy atom. The summed E-state index contributed by atoms with van der Waals surface area (Å²) < 4.78 is 0. The summed E-state index contributed by atoms with van der Waals surface area (Å²) >= 11 is 0. The number of ketones is 1. The summed E-state index contributed by atoms with van der Waals surface area (Å²) in [6.07, 6.45) is 15.9. The summed E-state index contributed by atoms with van der Waals surface area (Å²) in [6, 6.07) is 8.75. The average Bonchev–Trinajstić information content (AvgIpc) is 2.96. The van der Waals surface area contributed by atoms with Gasteiger partial charge in [-0.25, -0.2) is 0 Å². The fourth-order valence-corrected chi connectivity index (χ4v) is 6.12. The van der Waals surface area contributed by atoms with Gasteiger partial charge in [-0.2, -0.15) is 0 Å². The molecule has 3 heteroatoms. The first-order chi connectivity index (χ1) is 16.9. The second-order valence-corrected chi connectivity index (χ2v) is 11.6. The predicted octanol–water partition coefficient (Wildman–Crippen LogP) is 8.06. The number of nitrogens with zero attached hydrogens (tertiary/aromatic N) is 2. The average molecular weight is 477 g/mol. The zero-order valence-electron chi connectivity index (χ0n) is 22.9. The van der Waals surface area contributed by atoms with Gasteiger partial charge >= 0.3 is 0 Å². The second-order valence-electron chi connectivity index (χ2n) is 11.6. The van der Waals surface area contributed by atoms with Crippen molar-refractivity contribution in [2.75, 3.05) is 7.05 Å². The summed E-state index contributed by atoms with van der Waals surface area (Å²) in [5.41, 5.74) is 5.38. The molecule has 1 aromatic rings. The van der Waals surface area contributed by atoms with Gasteiger partial charge < -0.3 is 0 Å². The van der Waals surface area contributed by atoms with Gasteiger partial charge in [0.1, 0.15) is 5.78 Å². The minimum absolute atomic E-state index is 0.434. The first kappa shape index (κ1) is 27.6. The standard InChI is InChI=1S/C32H48N2O/c1-23(2)10-8-14-27-12-6-7-13-28(27)16-17-30(35)20-26-11-9-15-29(19-26)32-31(22-33-5)25(4)18-24(3)21-34-32/h6-7,12-13,21-26,29H,8-11,14-20H2,1-5H3/t24?,25?,26-,29?/m1/s1. The van der Waals surface area contributed by atoms with Crippen molar-refractivity contribution in [1.29, 1.82) is 0 Å². The highest BCUT2D eigenvalue weighted by atomic mass is 16.1. The molecule has 1 aliphatic heterocycles. The third kappa shape index (κ3) is 8.54. The van der Waals surface area contributed by atoms with Crippen LogP contribution in [0.2, 0.25) is 0 Å². The van der Waals surface area contributed by atoms with Crippen molar-refractivity contribution in [3.63, 3.8) is 0 Å². The van der Waals surface area contributed by atoms with E-state index in [0.29, 0.717) is 35.9 Å². The van der Waals surface area contributed by atoms with Crippen molar-refractivity contribution in [2.45, 2.75) is 98.3 Å². The Labute approximate surface area is 214 Å². The Hall–Kier alpha value is -2.03. The largest absolute Gasteiger partial charge is 0.300 e. The van der Waals surface area contributed by atoms with E-state index in [9.17, 15) is 4.79 Å². The van der Waals surface area contributed by atoms with Gasteiger partial charge in [-0.05, 0) is 85.3 Å². The Morgan fingerprint density at radius 2 is 1.86 bits per heavy atom. The maximum atomic E-state index is 13.0. The van der Waals surface area contributed by atoms with Crippen LogP contribution < -0.4 is 0 Å². The molecule has 0 N–H and O–H groups in total. The van der Waals surface area contributed by atoms with E-state index in [4.69, 9.17) is 4.99 Å². The highest BCUT2D eigenvalue weighted by molar-refractivity contribution is 5.82. The number of hydrogen-bond donors (Lipinski definition) is 0. The third-order valence-electron chi connectivity index (χ3n) is 7.99. The molecule has 4 atom stereocenters. The molecule has 1 fully saturated rings. The van der Waals surface area contributed by atoms with Crippen LogP contribution in [0.3, 0.4) is 0 Å². The molecule has 3 rings (SSSR count). The van der Waals surface area contributed by atoms with Crippen LogP contribution in [0.15, 0.2) is 45.5 Å². The van der Waals surface area contributed by atoms with Crippen molar-refractivity contribution in [2.24, 2.45) is 39.6 Å². The fraction of sp³-hybridized carbons (Fsp3) is 0.656. The minimum atomic E-state index is 0.434. The summed E-state index contributed by atoms with van der Waals surface area (Å²) in [5.74, 6) is 3.11. The van der Waals surface area contributed by atoms with Gasteiger partial charge in [0.05, 0.1) is 0 Å². The molecule has 1 heterocycles. The van der Waals surface area contributed by atoms with Crippen LogP contribution in [-0.2, 0) is 17.6 Å². The molecule has 0 saturated heterocycles. The van der Waals surface area contributed by atoms with Crippen molar-refractivity contribution < 1.29 is 4.79 Å². The molecule has 0 amide bonds. The van der Waals surface area contributed by atoms with Gasteiger partial charge in [0.25, 0.3) is 0 Å². The molecule has 0 aromatic heterocycles. The van der Waals surface area contributed by atoms with Crippen LogP contribution in [0.1, 0.15) is 96.6 Å². The lowest BCUT2D eigenvalue weighted by molar-refractivity contribution is -0.120. The zero-order valence-corrected chi connectivity index (χ0v) is 22.9. The Morgan fingerprint density at radius 1 is 1.11 bits per heavy atom. The SMILES string of the molecule is CN=CC1=C(C2CCC[C@@H](CC(=O)CCc3ccccc3CCCC(C)C)C2)N=CC(C)CC1C. The molecule has 3 nitrogen and oxygen atoms in total. The lowest BCUT2D eigenvalue weighted by Gasteiger charge is -2.30. The number of carbonyl (C=O) groups excluding carboxylic acids is 1. The first-order valence-corrected chi connectivity index (χ1v) is 14.2. The lowest BCUT2D eigenvalue weighted by Crippen LogP contribution is -2.21.